The Kier molecular flexibility index (Phi) is 3.37. The molecule has 1 atom stereocenters. The summed E-state index contributed by atoms with van der Waals surface area (Å²) in [4.78, 5) is 4.48. The second kappa shape index (κ2) is 5.13. The molecular weight excluding hydrogens is 338 g/mol. The second-order valence-electron chi connectivity index (χ2n) is 6.40. The van der Waals surface area contributed by atoms with Crippen molar-refractivity contribution < 1.29 is 17.2 Å². The van der Waals surface area contributed by atoms with Gasteiger partial charge in [-0.05, 0) is 30.7 Å². The van der Waals surface area contributed by atoms with E-state index >= 15 is 0 Å². The molecule has 0 amide bonds. The number of rotatable bonds is 3. The molecule has 4 rings (SSSR count). The van der Waals surface area contributed by atoms with Gasteiger partial charge in [0.1, 0.15) is 0 Å². The molecule has 1 aliphatic carbocycles. The molecule has 0 radical (unpaired) electrons. The van der Waals surface area contributed by atoms with Crippen molar-refractivity contribution in [3.8, 4) is 0 Å². The van der Waals surface area contributed by atoms with E-state index in [9.17, 15) is 17.2 Å². The van der Waals surface area contributed by atoms with Crippen LogP contribution in [0.5, 0.6) is 0 Å². The Hall–Kier alpha value is -1.74. The van der Waals surface area contributed by atoms with Gasteiger partial charge in [0.2, 0.25) is 0 Å². The fourth-order valence-corrected chi connectivity index (χ4v) is 4.53. The fraction of sp³-hybridized carbons (Fsp3) is 0.533. The summed E-state index contributed by atoms with van der Waals surface area (Å²) in [6.45, 7) is 1.38. The van der Waals surface area contributed by atoms with Gasteiger partial charge in [0.15, 0.2) is 5.82 Å². The molecule has 1 saturated carbocycles. The molecular formula is C15H18F2N4O2S. The van der Waals surface area contributed by atoms with Crippen LogP contribution in [0.1, 0.15) is 18.5 Å². The van der Waals surface area contributed by atoms with E-state index in [4.69, 9.17) is 0 Å². The molecule has 1 aromatic heterocycles. The third-order valence-corrected chi connectivity index (χ3v) is 6.51. The lowest BCUT2D eigenvalue weighted by molar-refractivity contribution is 0.101. The molecule has 1 N–H and O–H groups in total. The molecule has 0 spiro atoms. The monoisotopic (exact) mass is 356 g/mol. The van der Waals surface area contributed by atoms with Crippen LogP contribution in [0.15, 0.2) is 18.2 Å². The Morgan fingerprint density at radius 3 is 2.79 bits per heavy atom. The lowest BCUT2D eigenvalue weighted by Gasteiger charge is -2.18. The van der Waals surface area contributed by atoms with Gasteiger partial charge in [-0.25, -0.2) is 22.4 Å². The van der Waals surface area contributed by atoms with E-state index in [0.717, 1.165) is 27.1 Å². The van der Waals surface area contributed by atoms with Gasteiger partial charge in [0.25, 0.3) is 5.92 Å². The van der Waals surface area contributed by atoms with Gasteiger partial charge in [-0.15, -0.1) is 0 Å². The predicted molar refractivity (Wildman–Crippen MR) is 87.4 cm³/mol. The summed E-state index contributed by atoms with van der Waals surface area (Å²) >= 11 is 0. The van der Waals surface area contributed by atoms with Gasteiger partial charge >= 0.3 is 10.2 Å². The molecule has 2 aliphatic heterocycles. The Labute approximate surface area is 139 Å². The van der Waals surface area contributed by atoms with Crippen LogP contribution in [0.4, 0.5) is 20.3 Å². The van der Waals surface area contributed by atoms with Crippen molar-refractivity contribution in [2.24, 2.45) is 5.92 Å². The zero-order valence-corrected chi connectivity index (χ0v) is 14.0. The maximum absolute atomic E-state index is 13.2. The third kappa shape index (κ3) is 2.37. The largest absolute Gasteiger partial charge is 0.327 e. The average molecular weight is 356 g/mol. The minimum Gasteiger partial charge on any atom is -0.312 e. The first kappa shape index (κ1) is 15.8. The second-order valence-corrected chi connectivity index (χ2v) is 8.29. The van der Waals surface area contributed by atoms with E-state index in [0.29, 0.717) is 23.7 Å². The maximum Gasteiger partial charge on any atom is 0.327 e. The first-order valence-corrected chi connectivity index (χ1v) is 9.26. The van der Waals surface area contributed by atoms with E-state index < -0.39 is 22.0 Å². The Morgan fingerprint density at radius 2 is 2.17 bits per heavy atom. The van der Waals surface area contributed by atoms with Gasteiger partial charge in [-0.2, -0.15) is 8.42 Å². The molecule has 0 saturated heterocycles. The van der Waals surface area contributed by atoms with Crippen molar-refractivity contribution in [3.63, 3.8) is 0 Å². The van der Waals surface area contributed by atoms with Gasteiger partial charge < -0.3 is 5.32 Å². The highest BCUT2D eigenvalue weighted by molar-refractivity contribution is 7.94. The number of halogens is 2. The number of hydrogen-bond donors (Lipinski definition) is 1. The van der Waals surface area contributed by atoms with Crippen molar-refractivity contribution in [1.29, 1.82) is 0 Å². The highest BCUT2D eigenvalue weighted by Gasteiger charge is 2.59. The van der Waals surface area contributed by atoms with Gasteiger partial charge in [-0.1, -0.05) is 6.08 Å². The highest BCUT2D eigenvalue weighted by Crippen LogP contribution is 2.51. The van der Waals surface area contributed by atoms with Crippen LogP contribution < -0.4 is 13.9 Å². The van der Waals surface area contributed by atoms with Crippen LogP contribution in [0.2, 0.25) is 0 Å². The molecule has 1 fully saturated rings. The first-order chi connectivity index (χ1) is 11.3. The van der Waals surface area contributed by atoms with E-state index in [2.05, 4.69) is 16.4 Å². The van der Waals surface area contributed by atoms with Crippen LogP contribution in [0.3, 0.4) is 0 Å². The summed E-state index contributed by atoms with van der Waals surface area (Å²) in [5.74, 6) is -3.39. The van der Waals surface area contributed by atoms with Gasteiger partial charge in [-0.3, -0.25) is 0 Å². The number of pyridine rings is 1. The summed E-state index contributed by atoms with van der Waals surface area (Å²) in [5, 5.41) is 3.25. The lowest BCUT2D eigenvalue weighted by Crippen LogP contribution is -2.37. The van der Waals surface area contributed by atoms with E-state index in [1.165, 1.54) is 7.05 Å². The number of aromatic nitrogens is 1. The Balaban J connectivity index is 1.70. The van der Waals surface area contributed by atoms with Crippen LogP contribution in [-0.4, -0.2) is 46.0 Å². The van der Waals surface area contributed by atoms with Crippen molar-refractivity contribution in [1.82, 2.24) is 10.3 Å². The third-order valence-electron chi connectivity index (χ3n) is 4.74. The standard InChI is InChI=1S/C15H18F2N4O2S/c1-20-14-13(5-4-12(19-14)10-3-2-6-18-8-10)21(24(20,22)23)9-11-7-15(11,16)17/h3-5,11,18H,2,6-9H2,1H3. The molecule has 3 heterocycles. The SMILES string of the molecule is CN1c2nc(C3=CCCNC3)ccc2N(CC2CC2(F)F)S1(=O)=O. The summed E-state index contributed by atoms with van der Waals surface area (Å²) in [5.41, 5.74) is 2.09. The molecule has 0 bridgehead atoms. The van der Waals surface area contributed by atoms with Crippen molar-refractivity contribution in [3.05, 3.63) is 23.9 Å². The maximum atomic E-state index is 13.2. The molecule has 3 aliphatic rings. The number of anilines is 2. The minimum absolute atomic E-state index is 0.210. The van der Waals surface area contributed by atoms with Gasteiger partial charge in [0.05, 0.1) is 11.4 Å². The van der Waals surface area contributed by atoms with Crippen LogP contribution in [0, 0.1) is 5.92 Å². The van der Waals surface area contributed by atoms with Crippen molar-refractivity contribution in [2.75, 3.05) is 35.3 Å². The van der Waals surface area contributed by atoms with Crippen LogP contribution in [-0.2, 0) is 10.2 Å². The zero-order chi connectivity index (χ0) is 17.1. The number of nitrogens with zero attached hydrogens (tertiary/aromatic N) is 3. The van der Waals surface area contributed by atoms with E-state index in [1.54, 1.807) is 12.1 Å². The predicted octanol–water partition coefficient (Wildman–Crippen LogP) is 1.61. The number of nitrogens with one attached hydrogen (secondary N) is 1. The Bertz CT molecular complexity index is 825. The Morgan fingerprint density at radius 1 is 1.42 bits per heavy atom. The smallest absolute Gasteiger partial charge is 0.312 e. The van der Waals surface area contributed by atoms with Gasteiger partial charge in [0, 0.05) is 32.5 Å². The van der Waals surface area contributed by atoms with Crippen LogP contribution >= 0.6 is 0 Å². The van der Waals surface area contributed by atoms with Crippen LogP contribution in [0.25, 0.3) is 5.57 Å². The first-order valence-electron chi connectivity index (χ1n) is 7.86. The highest BCUT2D eigenvalue weighted by atomic mass is 32.2. The normalized spacial score (nSPS) is 27.0. The molecule has 0 aromatic carbocycles. The summed E-state index contributed by atoms with van der Waals surface area (Å²) in [7, 11) is -2.44. The minimum atomic E-state index is -3.84. The topological polar surface area (TPSA) is 65.5 Å². The summed E-state index contributed by atoms with van der Waals surface area (Å²) in [6.07, 6.45) is 2.71. The lowest BCUT2D eigenvalue weighted by atomic mass is 10.1. The quantitative estimate of drug-likeness (QED) is 0.894. The van der Waals surface area contributed by atoms with Crippen molar-refractivity contribution in [2.45, 2.75) is 18.8 Å². The summed E-state index contributed by atoms with van der Waals surface area (Å²) < 4.78 is 53.7. The number of alkyl halides is 2. The molecule has 9 heteroatoms. The fourth-order valence-electron chi connectivity index (χ4n) is 3.13. The number of fused-ring (bicyclic) bond motifs is 1. The average Bonchev–Trinajstić information content (AvgIpc) is 3.13. The summed E-state index contributed by atoms with van der Waals surface area (Å²) in [6, 6.07) is 3.42. The van der Waals surface area contributed by atoms with E-state index in [-0.39, 0.29) is 13.0 Å². The molecule has 1 aromatic rings. The molecule has 1 unspecified atom stereocenters. The molecule has 6 nitrogen and oxygen atoms in total. The van der Waals surface area contributed by atoms with E-state index in [1.807, 2.05) is 0 Å². The number of hydrogen-bond acceptors (Lipinski definition) is 4. The molecule has 130 valence electrons. The zero-order valence-electron chi connectivity index (χ0n) is 13.2. The van der Waals surface area contributed by atoms with Crippen molar-refractivity contribution >= 4 is 27.3 Å². The molecule has 24 heavy (non-hydrogen) atoms.